The van der Waals surface area contributed by atoms with Gasteiger partial charge in [0.25, 0.3) is 0 Å². The maximum atomic E-state index is 11.5. The molecular weight excluding hydrogens is 229 g/mol. The van der Waals surface area contributed by atoms with Crippen molar-refractivity contribution >= 4 is 11.9 Å². The zero-order valence-electron chi connectivity index (χ0n) is 11.2. The second-order valence-corrected chi connectivity index (χ2v) is 3.82. The Kier molecular flexibility index (Phi) is 12.1. The van der Waals surface area contributed by atoms with Crippen molar-refractivity contribution in [3.8, 4) is 0 Å². The quantitative estimate of drug-likeness (QED) is 0.290. The molecule has 17 heavy (non-hydrogen) atoms. The van der Waals surface area contributed by atoms with E-state index in [-0.39, 0.29) is 41.9 Å². The Morgan fingerprint density at radius 1 is 1.35 bits per heavy atom. The number of carboxylic acids is 1. The number of likely N-dealkylation sites (N-methyl/N-ethyl adjacent to an activating group) is 1. The second kappa shape index (κ2) is 10.8. The predicted molar refractivity (Wildman–Crippen MR) is 60.5 cm³/mol. The molecule has 92 valence electrons. The fourth-order valence-corrected chi connectivity index (χ4v) is 1.14. The van der Waals surface area contributed by atoms with Crippen molar-refractivity contribution in [2.45, 2.75) is 45.6 Å². The molecule has 0 radical (unpaired) electrons. The molecular formula is C12H20NNaO3. The van der Waals surface area contributed by atoms with Gasteiger partial charge in [0.05, 0.1) is 12.0 Å². The minimum absolute atomic E-state index is 0. The normalized spacial score (nSPS) is 11.9. The summed E-state index contributed by atoms with van der Waals surface area (Å²) in [6, 6.07) is -0.878. The molecule has 0 aromatic heterocycles. The van der Waals surface area contributed by atoms with E-state index in [2.05, 4.69) is 6.92 Å². The third kappa shape index (κ3) is 8.41. The maximum absolute atomic E-state index is 11.5. The van der Waals surface area contributed by atoms with Crippen LogP contribution < -0.4 is 34.7 Å². The molecule has 0 aliphatic heterocycles. The first-order chi connectivity index (χ1) is 7.50. The van der Waals surface area contributed by atoms with E-state index in [1.165, 1.54) is 18.9 Å². The van der Waals surface area contributed by atoms with E-state index < -0.39 is 12.0 Å². The number of carbonyl (C=O) groups is 2. The molecule has 1 unspecified atom stereocenters. The third-order valence-electron chi connectivity index (χ3n) is 2.50. The van der Waals surface area contributed by atoms with Crippen molar-refractivity contribution in [2.75, 3.05) is 7.05 Å². The molecule has 0 fully saturated rings. The van der Waals surface area contributed by atoms with Crippen LogP contribution in [0, 0.1) is 0 Å². The van der Waals surface area contributed by atoms with Crippen molar-refractivity contribution in [3.05, 3.63) is 12.2 Å². The monoisotopic (exact) mass is 249 g/mol. The minimum atomic E-state index is -1.23. The molecule has 0 aromatic rings. The second-order valence-electron chi connectivity index (χ2n) is 3.82. The average molecular weight is 249 g/mol. The number of unbranched alkanes of at least 4 members (excludes halogenated alkanes) is 2. The zero-order valence-corrected chi connectivity index (χ0v) is 13.2. The Balaban J connectivity index is 0. The third-order valence-corrected chi connectivity index (χ3v) is 2.50. The van der Waals surface area contributed by atoms with Crippen LogP contribution in [-0.4, -0.2) is 29.9 Å². The first-order valence-electron chi connectivity index (χ1n) is 5.62. The number of carbonyl (C=O) groups excluding carboxylic acids is 2. The molecule has 0 aliphatic rings. The molecule has 0 saturated carbocycles. The molecule has 0 spiro atoms. The number of rotatable bonds is 7. The molecule has 0 heterocycles. The van der Waals surface area contributed by atoms with Gasteiger partial charge < -0.3 is 14.8 Å². The summed E-state index contributed by atoms with van der Waals surface area (Å²) in [5, 5.41) is 10.5. The van der Waals surface area contributed by atoms with Gasteiger partial charge in [-0.1, -0.05) is 31.9 Å². The topological polar surface area (TPSA) is 60.4 Å². The van der Waals surface area contributed by atoms with E-state index in [1.807, 2.05) is 6.08 Å². The number of nitrogens with zero attached hydrogens (tertiary/aromatic N) is 1. The van der Waals surface area contributed by atoms with E-state index in [0.29, 0.717) is 0 Å². The van der Waals surface area contributed by atoms with Gasteiger partial charge in [-0.3, -0.25) is 4.79 Å². The van der Waals surface area contributed by atoms with E-state index in [9.17, 15) is 14.7 Å². The molecule has 4 nitrogen and oxygen atoms in total. The van der Waals surface area contributed by atoms with Crippen molar-refractivity contribution < 1.29 is 44.3 Å². The number of amides is 1. The van der Waals surface area contributed by atoms with Gasteiger partial charge in [-0.15, -0.1) is 0 Å². The summed E-state index contributed by atoms with van der Waals surface area (Å²) in [7, 11) is 1.47. The summed E-state index contributed by atoms with van der Waals surface area (Å²) in [5.74, 6) is -1.43. The van der Waals surface area contributed by atoms with Crippen LogP contribution in [0.5, 0.6) is 0 Å². The van der Waals surface area contributed by atoms with E-state index in [1.54, 1.807) is 6.08 Å². The van der Waals surface area contributed by atoms with Gasteiger partial charge in [-0.05, 0) is 13.3 Å². The van der Waals surface area contributed by atoms with Crippen LogP contribution in [-0.2, 0) is 9.59 Å². The predicted octanol–water partition coefficient (Wildman–Crippen LogP) is -2.28. The average Bonchev–Trinajstić information content (AvgIpc) is 2.26. The molecule has 0 N–H and O–H groups in total. The Bertz CT molecular complexity index is 266. The van der Waals surface area contributed by atoms with Crippen molar-refractivity contribution in [1.29, 1.82) is 0 Å². The molecule has 0 aromatic carbocycles. The minimum Gasteiger partial charge on any atom is -0.548 e. The van der Waals surface area contributed by atoms with E-state index >= 15 is 0 Å². The van der Waals surface area contributed by atoms with Crippen molar-refractivity contribution in [2.24, 2.45) is 0 Å². The van der Waals surface area contributed by atoms with Gasteiger partial charge in [-0.25, -0.2) is 0 Å². The molecule has 0 bridgehead atoms. The van der Waals surface area contributed by atoms with Crippen LogP contribution >= 0.6 is 0 Å². The first-order valence-corrected chi connectivity index (χ1v) is 5.62. The summed E-state index contributed by atoms with van der Waals surface area (Å²) in [5.41, 5.74) is 0. The van der Waals surface area contributed by atoms with Crippen LogP contribution in [0.4, 0.5) is 0 Å². The Hall–Kier alpha value is -0.320. The number of hydrogen-bond donors (Lipinski definition) is 0. The van der Waals surface area contributed by atoms with Gasteiger partial charge in [0, 0.05) is 13.5 Å². The van der Waals surface area contributed by atoms with Crippen LogP contribution in [0.1, 0.15) is 39.5 Å². The van der Waals surface area contributed by atoms with Crippen LogP contribution in [0.25, 0.3) is 0 Å². The summed E-state index contributed by atoms with van der Waals surface area (Å²) in [6.45, 7) is 3.54. The van der Waals surface area contributed by atoms with Crippen molar-refractivity contribution in [1.82, 2.24) is 4.90 Å². The SMILES string of the molecule is CCCC/C=C/CC(=O)N(C)C(C)C(=O)[O-].[Na+]. The fourth-order valence-electron chi connectivity index (χ4n) is 1.14. The van der Waals surface area contributed by atoms with Crippen LogP contribution in [0.3, 0.4) is 0 Å². The van der Waals surface area contributed by atoms with Gasteiger partial charge >= 0.3 is 29.6 Å². The van der Waals surface area contributed by atoms with E-state index in [0.717, 1.165) is 19.3 Å². The van der Waals surface area contributed by atoms with Gasteiger partial charge in [0.15, 0.2) is 0 Å². The molecule has 0 saturated heterocycles. The molecule has 0 aliphatic carbocycles. The summed E-state index contributed by atoms with van der Waals surface area (Å²) < 4.78 is 0. The van der Waals surface area contributed by atoms with Crippen LogP contribution in [0.15, 0.2) is 12.2 Å². The summed E-state index contributed by atoms with van der Waals surface area (Å²) in [4.78, 5) is 23.2. The molecule has 1 atom stereocenters. The standard InChI is InChI=1S/C12H21NO3.Na/c1-4-5-6-7-8-9-11(14)13(3)10(2)12(15)16;/h7-8,10H,4-6,9H2,1-3H3,(H,15,16);/q;+1/p-1/b8-7+;. The largest absolute Gasteiger partial charge is 1.00 e. The summed E-state index contributed by atoms with van der Waals surface area (Å²) >= 11 is 0. The van der Waals surface area contributed by atoms with E-state index in [4.69, 9.17) is 0 Å². The fraction of sp³-hybridized carbons (Fsp3) is 0.667. The molecule has 5 heteroatoms. The smallest absolute Gasteiger partial charge is 0.548 e. The zero-order chi connectivity index (χ0) is 12.6. The van der Waals surface area contributed by atoms with Gasteiger partial charge in [0.2, 0.25) is 5.91 Å². The van der Waals surface area contributed by atoms with Gasteiger partial charge in [-0.2, -0.15) is 0 Å². The Morgan fingerprint density at radius 3 is 2.41 bits per heavy atom. The number of allylic oxidation sites excluding steroid dienone is 1. The number of aliphatic carboxylic acids is 1. The van der Waals surface area contributed by atoms with Crippen molar-refractivity contribution in [3.63, 3.8) is 0 Å². The Morgan fingerprint density at radius 2 is 1.94 bits per heavy atom. The maximum Gasteiger partial charge on any atom is 1.00 e. The summed E-state index contributed by atoms with van der Waals surface area (Å²) in [6.07, 6.45) is 7.19. The molecule has 0 rings (SSSR count). The number of carboxylic acid groups (broad SMARTS) is 1. The van der Waals surface area contributed by atoms with Crippen LogP contribution in [0.2, 0.25) is 0 Å². The first kappa shape index (κ1) is 19.0. The number of hydrogen-bond acceptors (Lipinski definition) is 3. The molecule has 1 amide bonds. The van der Waals surface area contributed by atoms with Gasteiger partial charge in [0.1, 0.15) is 0 Å². The Labute approximate surface area is 125 Å².